The average Bonchev–Trinajstić information content (AvgIpc) is 2.88. The molecular formula is C17H18N2O. The number of hydrogen-bond donors (Lipinski definition) is 1. The van der Waals surface area contributed by atoms with Crippen molar-refractivity contribution in [3.05, 3.63) is 59.7 Å². The third-order valence-corrected chi connectivity index (χ3v) is 3.80. The number of fused-ring (bicyclic) bond motifs is 1. The number of Topliss-reactive ketones (excluding diaryl/α,β-unsaturated/α-hetero) is 1. The van der Waals surface area contributed by atoms with Crippen molar-refractivity contribution in [2.75, 3.05) is 23.7 Å². The predicted octanol–water partition coefficient (Wildman–Crippen LogP) is 2.90. The number of rotatable bonds is 4. The van der Waals surface area contributed by atoms with Crippen LogP contribution in [0.4, 0.5) is 11.4 Å². The first kappa shape index (κ1) is 12.7. The first-order valence-electron chi connectivity index (χ1n) is 6.95. The van der Waals surface area contributed by atoms with E-state index in [0.717, 1.165) is 19.5 Å². The summed E-state index contributed by atoms with van der Waals surface area (Å²) < 4.78 is 0. The zero-order valence-corrected chi connectivity index (χ0v) is 11.4. The Labute approximate surface area is 119 Å². The van der Waals surface area contributed by atoms with Gasteiger partial charge in [-0.3, -0.25) is 4.79 Å². The van der Waals surface area contributed by atoms with Crippen LogP contribution in [0.3, 0.4) is 0 Å². The zero-order chi connectivity index (χ0) is 13.9. The smallest absolute Gasteiger partial charge is 0.164 e. The number of para-hydroxylation sites is 1. The van der Waals surface area contributed by atoms with Crippen molar-refractivity contribution in [1.29, 1.82) is 0 Å². The summed E-state index contributed by atoms with van der Waals surface area (Å²) in [5, 5.41) is 0. The zero-order valence-electron chi connectivity index (χ0n) is 11.4. The van der Waals surface area contributed by atoms with E-state index in [1.165, 1.54) is 11.3 Å². The molecule has 0 saturated carbocycles. The maximum Gasteiger partial charge on any atom is 0.164 e. The third-order valence-electron chi connectivity index (χ3n) is 3.80. The molecule has 0 bridgehead atoms. The molecule has 0 amide bonds. The Bertz CT molecular complexity index is 636. The van der Waals surface area contributed by atoms with Crippen LogP contribution in [-0.2, 0) is 6.42 Å². The summed E-state index contributed by atoms with van der Waals surface area (Å²) in [5.74, 6) is 0.154. The molecule has 0 spiro atoms. The second kappa shape index (κ2) is 5.37. The van der Waals surface area contributed by atoms with Crippen molar-refractivity contribution in [1.82, 2.24) is 0 Å². The monoisotopic (exact) mass is 266 g/mol. The van der Waals surface area contributed by atoms with E-state index in [0.29, 0.717) is 17.7 Å². The highest BCUT2D eigenvalue weighted by Gasteiger charge is 2.18. The van der Waals surface area contributed by atoms with Gasteiger partial charge in [0.05, 0.1) is 0 Å². The highest BCUT2D eigenvalue weighted by atomic mass is 16.1. The van der Waals surface area contributed by atoms with Crippen molar-refractivity contribution in [3.63, 3.8) is 0 Å². The maximum atomic E-state index is 12.2. The van der Waals surface area contributed by atoms with Gasteiger partial charge < -0.3 is 10.6 Å². The number of nitrogens with two attached hydrogens (primary N) is 1. The molecule has 3 rings (SSSR count). The molecule has 0 fully saturated rings. The van der Waals surface area contributed by atoms with Gasteiger partial charge in [0.15, 0.2) is 5.78 Å². The highest BCUT2D eigenvalue weighted by molar-refractivity contribution is 5.97. The van der Waals surface area contributed by atoms with E-state index in [-0.39, 0.29) is 5.78 Å². The van der Waals surface area contributed by atoms with Gasteiger partial charge in [-0.2, -0.15) is 0 Å². The molecule has 20 heavy (non-hydrogen) atoms. The summed E-state index contributed by atoms with van der Waals surface area (Å²) in [4.78, 5) is 14.5. The number of nitrogens with zero attached hydrogens (tertiary/aromatic N) is 1. The largest absolute Gasteiger partial charge is 0.399 e. The minimum atomic E-state index is 0.154. The van der Waals surface area contributed by atoms with Gasteiger partial charge in [-0.25, -0.2) is 0 Å². The summed E-state index contributed by atoms with van der Waals surface area (Å²) in [7, 11) is 0. The van der Waals surface area contributed by atoms with Gasteiger partial charge in [0.1, 0.15) is 0 Å². The fraction of sp³-hybridized carbons (Fsp3) is 0.235. The summed E-state index contributed by atoms with van der Waals surface area (Å²) in [6, 6.07) is 15.6. The Morgan fingerprint density at radius 1 is 1.15 bits per heavy atom. The topological polar surface area (TPSA) is 46.3 Å². The molecule has 3 heteroatoms. The Morgan fingerprint density at radius 2 is 2.00 bits per heavy atom. The summed E-state index contributed by atoms with van der Waals surface area (Å²) >= 11 is 0. The molecule has 0 saturated heterocycles. The number of anilines is 2. The van der Waals surface area contributed by atoms with E-state index in [1.807, 2.05) is 12.1 Å². The molecule has 3 nitrogen and oxygen atoms in total. The lowest BCUT2D eigenvalue weighted by Gasteiger charge is -2.18. The van der Waals surface area contributed by atoms with Gasteiger partial charge in [0.25, 0.3) is 0 Å². The molecule has 2 aromatic carbocycles. The lowest BCUT2D eigenvalue weighted by molar-refractivity contribution is 0.0985. The Hall–Kier alpha value is -2.29. The van der Waals surface area contributed by atoms with Crippen LogP contribution in [-0.4, -0.2) is 18.9 Å². The highest BCUT2D eigenvalue weighted by Crippen LogP contribution is 2.27. The van der Waals surface area contributed by atoms with Crippen molar-refractivity contribution in [3.8, 4) is 0 Å². The fourth-order valence-corrected chi connectivity index (χ4v) is 2.73. The van der Waals surface area contributed by atoms with E-state index in [9.17, 15) is 4.79 Å². The van der Waals surface area contributed by atoms with Crippen molar-refractivity contribution < 1.29 is 4.79 Å². The number of hydrogen-bond acceptors (Lipinski definition) is 3. The summed E-state index contributed by atoms with van der Waals surface area (Å²) in [6.45, 7) is 1.77. The molecule has 1 aliphatic rings. The van der Waals surface area contributed by atoms with Gasteiger partial charge in [-0.05, 0) is 30.2 Å². The number of carbonyl (C=O) groups is 1. The molecule has 0 unspecified atom stereocenters. The summed E-state index contributed by atoms with van der Waals surface area (Å²) in [5.41, 5.74) is 9.71. The molecule has 0 atom stereocenters. The number of carbonyl (C=O) groups excluding carboxylic acids is 1. The van der Waals surface area contributed by atoms with Gasteiger partial charge in [-0.1, -0.05) is 30.3 Å². The molecule has 102 valence electrons. The Balaban J connectivity index is 1.65. The molecular weight excluding hydrogens is 248 g/mol. The molecule has 0 aliphatic carbocycles. The Morgan fingerprint density at radius 3 is 2.85 bits per heavy atom. The van der Waals surface area contributed by atoms with Crippen molar-refractivity contribution >= 4 is 17.2 Å². The molecule has 0 radical (unpaired) electrons. The predicted molar refractivity (Wildman–Crippen MR) is 82.2 cm³/mol. The first-order chi connectivity index (χ1) is 9.74. The van der Waals surface area contributed by atoms with Gasteiger partial charge >= 0.3 is 0 Å². The van der Waals surface area contributed by atoms with E-state index in [4.69, 9.17) is 5.73 Å². The van der Waals surface area contributed by atoms with Crippen LogP contribution in [0.15, 0.2) is 48.5 Å². The van der Waals surface area contributed by atoms with Crippen LogP contribution >= 0.6 is 0 Å². The molecule has 1 heterocycles. The van der Waals surface area contributed by atoms with Gasteiger partial charge in [0, 0.05) is 36.4 Å². The van der Waals surface area contributed by atoms with E-state index >= 15 is 0 Å². The molecule has 0 aromatic heterocycles. The second-order valence-electron chi connectivity index (χ2n) is 5.16. The average molecular weight is 266 g/mol. The molecule has 2 aromatic rings. The maximum absolute atomic E-state index is 12.2. The SMILES string of the molecule is Nc1cccc(C(=O)CCN2CCc3ccccc32)c1. The van der Waals surface area contributed by atoms with E-state index in [1.54, 1.807) is 12.1 Å². The first-order valence-corrected chi connectivity index (χ1v) is 6.95. The summed E-state index contributed by atoms with van der Waals surface area (Å²) in [6.07, 6.45) is 1.60. The normalized spacial score (nSPS) is 13.3. The lowest BCUT2D eigenvalue weighted by atomic mass is 10.1. The van der Waals surface area contributed by atoms with Crippen LogP contribution in [0.25, 0.3) is 0 Å². The van der Waals surface area contributed by atoms with Crippen LogP contribution in [0.2, 0.25) is 0 Å². The van der Waals surface area contributed by atoms with Crippen LogP contribution in [0, 0.1) is 0 Å². The van der Waals surface area contributed by atoms with Crippen LogP contribution < -0.4 is 10.6 Å². The minimum Gasteiger partial charge on any atom is -0.399 e. The molecule has 1 aliphatic heterocycles. The molecule has 2 N–H and O–H groups in total. The second-order valence-corrected chi connectivity index (χ2v) is 5.16. The Kier molecular flexibility index (Phi) is 3.42. The quantitative estimate of drug-likeness (QED) is 0.683. The van der Waals surface area contributed by atoms with Crippen LogP contribution in [0.5, 0.6) is 0 Å². The fourth-order valence-electron chi connectivity index (χ4n) is 2.73. The standard InChI is InChI=1S/C17H18N2O/c18-15-6-3-5-14(12-15)17(20)9-11-19-10-8-13-4-1-2-7-16(13)19/h1-7,12H,8-11,18H2. The number of ketones is 1. The third kappa shape index (κ3) is 2.52. The van der Waals surface area contributed by atoms with Crippen molar-refractivity contribution in [2.45, 2.75) is 12.8 Å². The van der Waals surface area contributed by atoms with Gasteiger partial charge in [0.2, 0.25) is 0 Å². The van der Waals surface area contributed by atoms with E-state index < -0.39 is 0 Å². The number of nitrogen functional groups attached to an aromatic ring is 1. The van der Waals surface area contributed by atoms with Crippen molar-refractivity contribution in [2.24, 2.45) is 0 Å². The number of benzene rings is 2. The van der Waals surface area contributed by atoms with E-state index in [2.05, 4.69) is 29.2 Å². The van der Waals surface area contributed by atoms with Crippen LogP contribution in [0.1, 0.15) is 22.3 Å². The lowest BCUT2D eigenvalue weighted by Crippen LogP contribution is -2.23. The van der Waals surface area contributed by atoms with Gasteiger partial charge in [-0.15, -0.1) is 0 Å². The minimum absolute atomic E-state index is 0.154.